The minimum absolute atomic E-state index is 0.260. The van der Waals surface area contributed by atoms with E-state index in [-0.39, 0.29) is 5.91 Å². The fraction of sp³-hybridized carbons (Fsp3) is 0.938. The van der Waals surface area contributed by atoms with Gasteiger partial charge in [-0.2, -0.15) is 0 Å². The van der Waals surface area contributed by atoms with Gasteiger partial charge >= 0.3 is 0 Å². The molecule has 2 rings (SSSR count). The Bertz CT molecular complexity index is 281. The van der Waals surface area contributed by atoms with Gasteiger partial charge in [0.05, 0.1) is 0 Å². The van der Waals surface area contributed by atoms with Crippen molar-refractivity contribution in [3.05, 3.63) is 0 Å². The monoisotopic (exact) mass is 281 g/mol. The van der Waals surface area contributed by atoms with Crippen LogP contribution >= 0.6 is 0 Å². The van der Waals surface area contributed by atoms with Crippen LogP contribution in [0.3, 0.4) is 0 Å². The van der Waals surface area contributed by atoms with Crippen molar-refractivity contribution in [1.82, 2.24) is 15.1 Å². The highest BCUT2D eigenvalue weighted by molar-refractivity contribution is 5.75. The molecule has 20 heavy (non-hydrogen) atoms. The molecule has 1 N–H and O–H groups in total. The summed E-state index contributed by atoms with van der Waals surface area (Å²) in [5.74, 6) is 1.08. The lowest BCUT2D eigenvalue weighted by Gasteiger charge is -2.32. The largest absolute Gasteiger partial charge is 0.356 e. The number of hydrogen-bond donors (Lipinski definition) is 1. The summed E-state index contributed by atoms with van der Waals surface area (Å²) < 4.78 is 0. The Hall–Kier alpha value is -0.610. The summed E-state index contributed by atoms with van der Waals surface area (Å²) in [6.07, 6.45) is 8.35. The molecule has 116 valence electrons. The van der Waals surface area contributed by atoms with Crippen LogP contribution in [0.1, 0.15) is 44.9 Å². The summed E-state index contributed by atoms with van der Waals surface area (Å²) in [4.78, 5) is 16.6. The molecule has 0 aromatic rings. The van der Waals surface area contributed by atoms with E-state index >= 15 is 0 Å². The van der Waals surface area contributed by atoms with E-state index in [2.05, 4.69) is 22.2 Å². The van der Waals surface area contributed by atoms with E-state index in [4.69, 9.17) is 0 Å². The quantitative estimate of drug-likeness (QED) is 0.722. The van der Waals surface area contributed by atoms with Crippen LogP contribution in [0.15, 0.2) is 0 Å². The molecule has 1 saturated carbocycles. The van der Waals surface area contributed by atoms with Gasteiger partial charge in [-0.15, -0.1) is 0 Å². The SMILES string of the molecule is CN1CCN(CCCNC(=O)CCC2CCCC2)CC1. The Morgan fingerprint density at radius 1 is 1.15 bits per heavy atom. The summed E-state index contributed by atoms with van der Waals surface area (Å²) in [6.45, 7) is 6.66. The molecule has 1 heterocycles. The van der Waals surface area contributed by atoms with Crippen LogP contribution in [0, 0.1) is 5.92 Å². The number of nitrogens with zero attached hydrogens (tertiary/aromatic N) is 2. The molecule has 4 heteroatoms. The zero-order valence-corrected chi connectivity index (χ0v) is 13.1. The molecule has 0 atom stereocenters. The van der Waals surface area contributed by atoms with Crippen LogP contribution in [0.25, 0.3) is 0 Å². The summed E-state index contributed by atoms with van der Waals surface area (Å²) in [5, 5.41) is 3.08. The third-order valence-electron chi connectivity index (χ3n) is 4.82. The standard InChI is InChI=1S/C16H31N3O/c1-18-11-13-19(14-12-18)10-4-9-17-16(20)8-7-15-5-2-3-6-15/h15H,2-14H2,1H3,(H,17,20). The molecule has 0 bridgehead atoms. The summed E-state index contributed by atoms with van der Waals surface area (Å²) in [6, 6.07) is 0. The molecule has 0 spiro atoms. The number of carbonyl (C=O) groups excluding carboxylic acids is 1. The Morgan fingerprint density at radius 2 is 1.85 bits per heavy atom. The highest BCUT2D eigenvalue weighted by Gasteiger charge is 2.16. The molecular formula is C16H31N3O. The van der Waals surface area contributed by atoms with E-state index in [1.807, 2.05) is 0 Å². The highest BCUT2D eigenvalue weighted by Crippen LogP contribution is 2.28. The fourth-order valence-corrected chi connectivity index (χ4v) is 3.32. The minimum Gasteiger partial charge on any atom is -0.356 e. The number of nitrogens with one attached hydrogen (secondary N) is 1. The van der Waals surface area contributed by atoms with Gasteiger partial charge in [-0.25, -0.2) is 0 Å². The maximum atomic E-state index is 11.8. The topological polar surface area (TPSA) is 35.6 Å². The third kappa shape index (κ3) is 5.80. The van der Waals surface area contributed by atoms with Crippen molar-refractivity contribution >= 4 is 5.91 Å². The lowest BCUT2D eigenvalue weighted by atomic mass is 10.0. The normalized spacial score (nSPS) is 22.2. The van der Waals surface area contributed by atoms with Crippen LogP contribution in [0.2, 0.25) is 0 Å². The van der Waals surface area contributed by atoms with Gasteiger partial charge in [0, 0.05) is 39.1 Å². The average Bonchev–Trinajstić information content (AvgIpc) is 2.96. The Labute approximate surface area is 123 Å². The predicted octanol–water partition coefficient (Wildman–Crippen LogP) is 1.71. The van der Waals surface area contributed by atoms with Gasteiger partial charge in [0.25, 0.3) is 0 Å². The van der Waals surface area contributed by atoms with Crippen molar-refractivity contribution in [2.75, 3.05) is 46.3 Å². The smallest absolute Gasteiger partial charge is 0.220 e. The van der Waals surface area contributed by atoms with E-state index in [0.717, 1.165) is 38.3 Å². The zero-order valence-electron chi connectivity index (χ0n) is 13.1. The highest BCUT2D eigenvalue weighted by atomic mass is 16.1. The molecule has 0 aromatic heterocycles. The van der Waals surface area contributed by atoms with Crippen LogP contribution in [-0.4, -0.2) is 62.0 Å². The molecule has 2 aliphatic rings. The van der Waals surface area contributed by atoms with Crippen molar-refractivity contribution in [3.63, 3.8) is 0 Å². The van der Waals surface area contributed by atoms with Gasteiger partial charge in [0.1, 0.15) is 0 Å². The molecule has 4 nitrogen and oxygen atoms in total. The number of amides is 1. The second-order valence-electron chi connectivity index (χ2n) is 6.54. The van der Waals surface area contributed by atoms with Crippen LogP contribution < -0.4 is 5.32 Å². The summed E-state index contributed by atoms with van der Waals surface area (Å²) >= 11 is 0. The maximum absolute atomic E-state index is 11.8. The van der Waals surface area contributed by atoms with Gasteiger partial charge in [0.15, 0.2) is 0 Å². The van der Waals surface area contributed by atoms with Gasteiger partial charge in [-0.05, 0) is 32.4 Å². The average molecular weight is 281 g/mol. The van der Waals surface area contributed by atoms with Crippen LogP contribution in [0.4, 0.5) is 0 Å². The molecule has 0 radical (unpaired) electrons. The van der Waals surface area contributed by atoms with Gasteiger partial charge < -0.3 is 15.1 Å². The number of piperazine rings is 1. The van der Waals surface area contributed by atoms with Crippen molar-refractivity contribution in [2.24, 2.45) is 5.92 Å². The van der Waals surface area contributed by atoms with Crippen molar-refractivity contribution in [3.8, 4) is 0 Å². The van der Waals surface area contributed by atoms with E-state index in [1.165, 1.54) is 51.9 Å². The lowest BCUT2D eigenvalue weighted by molar-refractivity contribution is -0.121. The second kappa shape index (κ2) is 8.63. The first-order valence-corrected chi connectivity index (χ1v) is 8.41. The van der Waals surface area contributed by atoms with Gasteiger partial charge in [0.2, 0.25) is 5.91 Å². The molecule has 2 fully saturated rings. The number of carbonyl (C=O) groups is 1. The Kier molecular flexibility index (Phi) is 6.80. The number of likely N-dealkylation sites (N-methyl/N-ethyl adjacent to an activating group) is 1. The molecule has 0 aromatic carbocycles. The molecule has 1 aliphatic carbocycles. The van der Waals surface area contributed by atoms with Crippen molar-refractivity contribution in [1.29, 1.82) is 0 Å². The summed E-state index contributed by atoms with van der Waals surface area (Å²) in [5.41, 5.74) is 0. The van der Waals surface area contributed by atoms with E-state index < -0.39 is 0 Å². The molecule has 1 aliphatic heterocycles. The molecule has 1 amide bonds. The molecule has 1 saturated heterocycles. The van der Waals surface area contributed by atoms with Crippen molar-refractivity contribution in [2.45, 2.75) is 44.9 Å². The minimum atomic E-state index is 0.260. The van der Waals surface area contributed by atoms with Crippen LogP contribution in [-0.2, 0) is 4.79 Å². The third-order valence-corrected chi connectivity index (χ3v) is 4.82. The van der Waals surface area contributed by atoms with Crippen LogP contribution in [0.5, 0.6) is 0 Å². The molecule has 0 unspecified atom stereocenters. The first-order valence-electron chi connectivity index (χ1n) is 8.41. The van der Waals surface area contributed by atoms with Gasteiger partial charge in [-0.3, -0.25) is 4.79 Å². The van der Waals surface area contributed by atoms with Gasteiger partial charge in [-0.1, -0.05) is 25.7 Å². The number of rotatable bonds is 7. The Morgan fingerprint density at radius 3 is 2.55 bits per heavy atom. The van der Waals surface area contributed by atoms with E-state index in [1.54, 1.807) is 0 Å². The lowest BCUT2D eigenvalue weighted by Crippen LogP contribution is -2.45. The summed E-state index contributed by atoms with van der Waals surface area (Å²) in [7, 11) is 2.18. The first-order chi connectivity index (χ1) is 9.74. The predicted molar refractivity (Wildman–Crippen MR) is 82.8 cm³/mol. The second-order valence-corrected chi connectivity index (χ2v) is 6.54. The fourth-order valence-electron chi connectivity index (χ4n) is 3.32. The zero-order chi connectivity index (χ0) is 14.2. The first kappa shape index (κ1) is 15.8. The van der Waals surface area contributed by atoms with E-state index in [0.29, 0.717) is 0 Å². The molecular weight excluding hydrogens is 250 g/mol. The van der Waals surface area contributed by atoms with E-state index in [9.17, 15) is 4.79 Å². The Balaban J connectivity index is 1.44. The van der Waals surface area contributed by atoms with Crippen molar-refractivity contribution < 1.29 is 4.79 Å². The number of hydrogen-bond acceptors (Lipinski definition) is 3. The maximum Gasteiger partial charge on any atom is 0.220 e.